The fourth-order valence-electron chi connectivity index (χ4n) is 8.49. The van der Waals surface area contributed by atoms with Crippen LogP contribution in [0.15, 0.2) is 109 Å². The summed E-state index contributed by atoms with van der Waals surface area (Å²) >= 11 is 0. The van der Waals surface area contributed by atoms with Gasteiger partial charge < -0.3 is 9.13 Å². The smallest absolute Gasteiger partial charge is 0.309 e. The van der Waals surface area contributed by atoms with Crippen LogP contribution in [0.25, 0.3) is 66.1 Å². The predicted molar refractivity (Wildman–Crippen MR) is 240 cm³/mol. The summed E-state index contributed by atoms with van der Waals surface area (Å²) in [5, 5.41) is 3.49. The average Bonchev–Trinajstić information content (AvgIpc) is 3.64. The molecule has 2 nitrogen and oxygen atoms in total. The SMILES string of the molecule is CC(C)(C)c1ccc2c3ccc(C(C)(C)C)cc3n(-c3cc(-c4ccc(F)cc4)cc(-n4c5cc(C(C)(C)C)ccc5c5ccc(C(C)(C)C)cc54)c3C(F)(F)F)c2c1. The normalized spacial score (nSPS) is 13.4. The number of halogens is 4. The lowest BCUT2D eigenvalue weighted by molar-refractivity contribution is -0.137. The van der Waals surface area contributed by atoms with E-state index < -0.39 is 17.6 Å². The largest absolute Gasteiger partial charge is 0.420 e. The Morgan fingerprint density at radius 2 is 0.644 bits per heavy atom. The first kappa shape index (κ1) is 40.4. The Morgan fingerprint density at radius 3 is 0.898 bits per heavy atom. The van der Waals surface area contributed by atoms with Crippen molar-refractivity contribution in [1.29, 1.82) is 0 Å². The van der Waals surface area contributed by atoms with Gasteiger partial charge in [-0.15, -0.1) is 0 Å². The van der Waals surface area contributed by atoms with E-state index in [1.54, 1.807) is 24.3 Å². The molecule has 0 aliphatic rings. The van der Waals surface area contributed by atoms with Gasteiger partial charge in [0.25, 0.3) is 0 Å². The zero-order valence-corrected chi connectivity index (χ0v) is 36.3. The minimum absolute atomic E-state index is 0.0143. The summed E-state index contributed by atoms with van der Waals surface area (Å²) in [6.07, 6.45) is -4.80. The van der Waals surface area contributed by atoms with Gasteiger partial charge in [0, 0.05) is 21.5 Å². The molecule has 0 aliphatic carbocycles. The van der Waals surface area contributed by atoms with Crippen LogP contribution in [0.1, 0.15) is 111 Å². The summed E-state index contributed by atoms with van der Waals surface area (Å²) in [4.78, 5) is 0. The highest BCUT2D eigenvalue weighted by molar-refractivity contribution is 6.11. The number of hydrogen-bond donors (Lipinski definition) is 0. The Hall–Kier alpha value is -5.36. The Balaban J connectivity index is 1.64. The molecule has 6 aromatic carbocycles. The number of rotatable bonds is 3. The third-order valence-corrected chi connectivity index (χ3v) is 12.0. The number of alkyl halides is 3. The van der Waals surface area contributed by atoms with Crippen molar-refractivity contribution in [3.05, 3.63) is 143 Å². The van der Waals surface area contributed by atoms with Gasteiger partial charge in [-0.1, -0.05) is 144 Å². The number of hydrogen-bond acceptors (Lipinski definition) is 0. The van der Waals surface area contributed by atoms with Crippen LogP contribution in [-0.2, 0) is 27.8 Å². The van der Waals surface area contributed by atoms with Gasteiger partial charge in [-0.3, -0.25) is 0 Å². The molecule has 0 bridgehead atoms. The van der Waals surface area contributed by atoms with Crippen molar-refractivity contribution in [2.45, 2.75) is 111 Å². The fourth-order valence-corrected chi connectivity index (χ4v) is 8.49. The van der Waals surface area contributed by atoms with Crippen LogP contribution in [0, 0.1) is 5.82 Å². The molecule has 0 aliphatic heterocycles. The van der Waals surface area contributed by atoms with E-state index in [0.717, 1.165) is 43.8 Å². The van der Waals surface area contributed by atoms with Crippen molar-refractivity contribution in [3.8, 4) is 22.5 Å². The highest BCUT2D eigenvalue weighted by Gasteiger charge is 2.40. The summed E-state index contributed by atoms with van der Waals surface area (Å²) in [6.45, 7) is 25.4. The second kappa shape index (κ2) is 13.3. The van der Waals surface area contributed by atoms with E-state index in [2.05, 4.69) is 156 Å². The van der Waals surface area contributed by atoms with E-state index in [-0.39, 0.29) is 33.0 Å². The molecular weight excluding hydrogens is 741 g/mol. The van der Waals surface area contributed by atoms with E-state index in [1.807, 2.05) is 9.13 Å². The van der Waals surface area contributed by atoms with Crippen LogP contribution in [0.5, 0.6) is 0 Å². The molecule has 0 unspecified atom stereocenters. The topological polar surface area (TPSA) is 9.86 Å². The maximum absolute atomic E-state index is 16.7. The number of benzene rings is 6. The van der Waals surface area contributed by atoms with Gasteiger partial charge in [0.1, 0.15) is 11.4 Å². The lowest BCUT2D eigenvalue weighted by Gasteiger charge is -2.25. The molecule has 2 heterocycles. The lowest BCUT2D eigenvalue weighted by atomic mass is 9.86. The third kappa shape index (κ3) is 7.02. The van der Waals surface area contributed by atoms with Crippen molar-refractivity contribution in [3.63, 3.8) is 0 Å². The highest BCUT2D eigenvalue weighted by atomic mass is 19.4. The molecule has 6 heteroatoms. The van der Waals surface area contributed by atoms with Crippen LogP contribution in [0.4, 0.5) is 17.6 Å². The van der Waals surface area contributed by atoms with Crippen molar-refractivity contribution in [2.24, 2.45) is 0 Å². The van der Waals surface area contributed by atoms with Gasteiger partial charge in [-0.05, 0) is 104 Å². The summed E-state index contributed by atoms with van der Waals surface area (Å²) in [5.41, 5.74) is 6.21. The van der Waals surface area contributed by atoms with E-state index in [9.17, 15) is 4.39 Å². The zero-order valence-electron chi connectivity index (χ0n) is 36.3. The molecule has 0 saturated carbocycles. The molecule has 59 heavy (non-hydrogen) atoms. The molecule has 0 atom stereocenters. The molecule has 8 aromatic rings. The minimum atomic E-state index is -4.80. The molecule has 8 rings (SSSR count). The van der Waals surface area contributed by atoms with Crippen molar-refractivity contribution in [2.75, 3.05) is 0 Å². The maximum Gasteiger partial charge on any atom is 0.420 e. The number of aromatic nitrogens is 2. The zero-order chi connectivity index (χ0) is 42.8. The first-order valence-corrected chi connectivity index (χ1v) is 20.5. The van der Waals surface area contributed by atoms with Gasteiger partial charge in [-0.2, -0.15) is 13.2 Å². The second-order valence-corrected chi connectivity index (χ2v) is 20.5. The van der Waals surface area contributed by atoms with E-state index in [4.69, 9.17) is 0 Å². The Labute approximate surface area is 345 Å². The first-order valence-electron chi connectivity index (χ1n) is 20.5. The predicted octanol–water partition coefficient (Wildman–Crippen LogP) is 15.9. The van der Waals surface area contributed by atoms with E-state index in [1.165, 1.54) is 12.1 Å². The van der Waals surface area contributed by atoms with E-state index >= 15 is 13.2 Å². The van der Waals surface area contributed by atoms with Crippen molar-refractivity contribution in [1.82, 2.24) is 9.13 Å². The summed E-state index contributed by atoms with van der Waals surface area (Å²) in [7, 11) is 0. The Morgan fingerprint density at radius 1 is 0.356 bits per heavy atom. The van der Waals surface area contributed by atoms with Crippen LogP contribution < -0.4 is 0 Å². The van der Waals surface area contributed by atoms with Crippen LogP contribution >= 0.6 is 0 Å². The van der Waals surface area contributed by atoms with Crippen LogP contribution in [0.2, 0.25) is 0 Å². The summed E-state index contributed by atoms with van der Waals surface area (Å²) in [6, 6.07) is 34.1. The number of fused-ring (bicyclic) bond motifs is 6. The number of nitrogens with zero attached hydrogens (tertiary/aromatic N) is 2. The van der Waals surface area contributed by atoms with Gasteiger partial charge in [-0.25, -0.2) is 4.39 Å². The maximum atomic E-state index is 16.7. The lowest BCUT2D eigenvalue weighted by Crippen LogP contribution is -2.17. The summed E-state index contributed by atoms with van der Waals surface area (Å²) < 4.78 is 68.2. The van der Waals surface area contributed by atoms with Crippen LogP contribution in [0.3, 0.4) is 0 Å². The molecular formula is C53H54F4N2. The first-order chi connectivity index (χ1) is 27.3. The molecule has 304 valence electrons. The third-order valence-electron chi connectivity index (χ3n) is 12.0. The molecule has 0 saturated heterocycles. The molecule has 0 N–H and O–H groups in total. The molecule has 0 spiro atoms. The fraction of sp³-hybridized carbons (Fsp3) is 0.321. The van der Waals surface area contributed by atoms with Gasteiger partial charge in [0.2, 0.25) is 0 Å². The summed E-state index contributed by atoms with van der Waals surface area (Å²) in [5.74, 6) is -0.417. The van der Waals surface area contributed by atoms with Crippen molar-refractivity contribution >= 4 is 43.6 Å². The second-order valence-electron chi connectivity index (χ2n) is 20.5. The van der Waals surface area contributed by atoms with Crippen molar-refractivity contribution < 1.29 is 17.6 Å². The Kier molecular flexibility index (Phi) is 9.13. The molecule has 0 amide bonds. The van der Waals surface area contributed by atoms with Gasteiger partial charge in [0.15, 0.2) is 0 Å². The van der Waals surface area contributed by atoms with Gasteiger partial charge in [0.05, 0.1) is 33.4 Å². The Bertz CT molecular complexity index is 2630. The monoisotopic (exact) mass is 794 g/mol. The average molecular weight is 795 g/mol. The molecule has 0 fully saturated rings. The minimum Gasteiger partial charge on any atom is -0.309 e. The molecule has 0 radical (unpaired) electrons. The molecule has 2 aromatic heterocycles. The standard InChI is InChI=1S/C53H54F4N2/c1-49(2,3)33-15-21-38-39-22-16-34(50(4,5)6)28-43(39)58(42(38)27-33)46-25-32(31-13-19-37(54)20-14-31)26-47(48(46)53(55,56)57)59-44-29-35(51(7,8)9)17-23-40(44)41-24-18-36(30-45(41)59)52(10,11)12/h13-30H,1-12H3. The van der Waals surface area contributed by atoms with Gasteiger partial charge >= 0.3 is 6.18 Å². The van der Waals surface area contributed by atoms with Crippen LogP contribution in [-0.4, -0.2) is 9.13 Å². The quantitative estimate of drug-likeness (QED) is 0.158. The van der Waals surface area contributed by atoms with E-state index in [0.29, 0.717) is 33.2 Å². The highest BCUT2D eigenvalue weighted by Crippen LogP contribution is 2.47.